The number of aryl methyl sites for hydroxylation is 1. The van der Waals surface area contributed by atoms with Gasteiger partial charge in [-0.15, -0.1) is 24.0 Å². The van der Waals surface area contributed by atoms with E-state index in [1.807, 2.05) is 0 Å². The Balaban J connectivity index is 0.00000288. The predicted molar refractivity (Wildman–Crippen MR) is 114 cm³/mol. The van der Waals surface area contributed by atoms with Crippen molar-refractivity contribution < 1.29 is 0 Å². The molecule has 6 nitrogen and oxygen atoms in total. The average molecular weight is 466 g/mol. The van der Waals surface area contributed by atoms with Crippen molar-refractivity contribution in [2.45, 2.75) is 40.5 Å². The number of hydrogen-bond acceptors (Lipinski definition) is 5. The Kier molecular flexibility index (Phi) is 9.87. The largest absolute Gasteiger partial charge is 0.357 e. The third kappa shape index (κ3) is 6.34. The summed E-state index contributed by atoms with van der Waals surface area (Å²) in [5, 5.41) is 4.48. The Hall–Kier alpha value is -0.640. The van der Waals surface area contributed by atoms with E-state index in [4.69, 9.17) is 4.99 Å². The summed E-state index contributed by atoms with van der Waals surface area (Å²) in [6, 6.07) is 0. The van der Waals surface area contributed by atoms with Gasteiger partial charge >= 0.3 is 0 Å². The van der Waals surface area contributed by atoms with Crippen LogP contribution in [-0.4, -0.2) is 59.5 Å². The number of nitrogens with zero attached hydrogens (tertiary/aromatic N) is 5. The number of anilines is 1. The van der Waals surface area contributed by atoms with E-state index in [2.05, 4.69) is 52.2 Å². The lowest BCUT2D eigenvalue weighted by Crippen LogP contribution is -2.52. The third-order valence-corrected chi connectivity index (χ3v) is 4.74. The number of piperazine rings is 1. The van der Waals surface area contributed by atoms with Crippen LogP contribution in [0.1, 0.15) is 39.9 Å². The quantitative estimate of drug-likeness (QED) is 0.397. The number of nitrogens with one attached hydrogen (secondary N) is 1. The highest BCUT2D eigenvalue weighted by Crippen LogP contribution is 2.19. The van der Waals surface area contributed by atoms with Crippen molar-refractivity contribution in [3.8, 4) is 0 Å². The Morgan fingerprint density at radius 3 is 2.50 bits per heavy atom. The molecule has 1 aliphatic rings. The number of rotatable bonds is 6. The van der Waals surface area contributed by atoms with Gasteiger partial charge in [-0.3, -0.25) is 4.99 Å². The molecule has 0 bridgehead atoms. The first-order chi connectivity index (χ1) is 11.1. The van der Waals surface area contributed by atoms with Crippen LogP contribution in [0.2, 0.25) is 0 Å². The molecule has 1 fully saturated rings. The lowest BCUT2D eigenvalue weighted by Gasteiger charge is -2.36. The van der Waals surface area contributed by atoms with Crippen LogP contribution in [0.25, 0.3) is 0 Å². The molecule has 0 spiro atoms. The van der Waals surface area contributed by atoms with E-state index in [-0.39, 0.29) is 24.0 Å². The van der Waals surface area contributed by atoms with Crippen molar-refractivity contribution in [3.63, 3.8) is 0 Å². The van der Waals surface area contributed by atoms with Gasteiger partial charge in [-0.05, 0) is 19.3 Å². The maximum Gasteiger partial charge on any atom is 0.205 e. The van der Waals surface area contributed by atoms with E-state index >= 15 is 0 Å². The summed E-state index contributed by atoms with van der Waals surface area (Å²) >= 11 is 1.52. The van der Waals surface area contributed by atoms with E-state index in [0.717, 1.165) is 69.0 Å². The van der Waals surface area contributed by atoms with Crippen molar-refractivity contribution >= 4 is 46.6 Å². The molecule has 1 aromatic heterocycles. The second-order valence-corrected chi connectivity index (χ2v) is 6.97. The molecule has 1 N–H and O–H groups in total. The maximum atomic E-state index is 4.78. The van der Waals surface area contributed by atoms with E-state index in [0.29, 0.717) is 5.92 Å². The second kappa shape index (κ2) is 11.1. The predicted octanol–water partition coefficient (Wildman–Crippen LogP) is 2.85. The van der Waals surface area contributed by atoms with Gasteiger partial charge in [0.2, 0.25) is 5.13 Å². The smallest absolute Gasteiger partial charge is 0.205 e. The molecule has 0 radical (unpaired) electrons. The SMILES string of the molecule is CCNC(=NCCC(C)C)N1CCN(c2nc(CC)ns2)CC1.I. The molecule has 0 aliphatic carbocycles. The van der Waals surface area contributed by atoms with E-state index in [1.165, 1.54) is 11.5 Å². The standard InChI is InChI=1S/C16H30N6S.HI/c1-5-14-19-16(23-20-14)22-11-9-21(10-12-22)15(17-6-2)18-8-7-13(3)4;/h13H,5-12H2,1-4H3,(H,17,18);1H. The number of guanidine groups is 1. The van der Waals surface area contributed by atoms with Crippen molar-refractivity contribution in [1.82, 2.24) is 19.6 Å². The first-order valence-electron chi connectivity index (χ1n) is 8.74. The summed E-state index contributed by atoms with van der Waals surface area (Å²) in [5.41, 5.74) is 0. The van der Waals surface area contributed by atoms with Gasteiger partial charge in [0.15, 0.2) is 5.96 Å². The van der Waals surface area contributed by atoms with Crippen molar-refractivity contribution in [1.29, 1.82) is 0 Å². The van der Waals surface area contributed by atoms with Crippen LogP contribution in [0.5, 0.6) is 0 Å². The number of aliphatic imine (C=N–C) groups is 1. The zero-order chi connectivity index (χ0) is 16.7. The topological polar surface area (TPSA) is 56.7 Å². The third-order valence-electron chi connectivity index (χ3n) is 3.93. The lowest BCUT2D eigenvalue weighted by atomic mass is 10.1. The van der Waals surface area contributed by atoms with Gasteiger partial charge in [-0.2, -0.15) is 4.37 Å². The van der Waals surface area contributed by atoms with Crippen molar-refractivity contribution in [2.75, 3.05) is 44.2 Å². The maximum absolute atomic E-state index is 4.78. The van der Waals surface area contributed by atoms with Gasteiger partial charge in [0.25, 0.3) is 0 Å². The monoisotopic (exact) mass is 466 g/mol. The normalized spacial score (nSPS) is 15.6. The van der Waals surface area contributed by atoms with Crippen LogP contribution < -0.4 is 10.2 Å². The molecule has 1 saturated heterocycles. The Labute approximate surface area is 167 Å². The van der Waals surface area contributed by atoms with Gasteiger partial charge in [0.05, 0.1) is 0 Å². The molecule has 0 saturated carbocycles. The van der Waals surface area contributed by atoms with Crippen LogP contribution in [0.4, 0.5) is 5.13 Å². The molecule has 8 heteroatoms. The highest BCUT2D eigenvalue weighted by atomic mass is 127. The van der Waals surface area contributed by atoms with Crippen LogP contribution in [0, 0.1) is 5.92 Å². The molecule has 0 unspecified atom stereocenters. The lowest BCUT2D eigenvalue weighted by molar-refractivity contribution is 0.372. The molecule has 138 valence electrons. The minimum Gasteiger partial charge on any atom is -0.357 e. The molecule has 2 heterocycles. The molecule has 0 aromatic carbocycles. The minimum absolute atomic E-state index is 0. The zero-order valence-electron chi connectivity index (χ0n) is 15.3. The Morgan fingerprint density at radius 2 is 1.96 bits per heavy atom. The van der Waals surface area contributed by atoms with E-state index in [9.17, 15) is 0 Å². The van der Waals surface area contributed by atoms with E-state index in [1.54, 1.807) is 0 Å². The number of hydrogen-bond donors (Lipinski definition) is 1. The van der Waals surface area contributed by atoms with Crippen LogP contribution in [0.15, 0.2) is 4.99 Å². The first-order valence-corrected chi connectivity index (χ1v) is 9.52. The molecular formula is C16H31IN6S. The van der Waals surface area contributed by atoms with Crippen molar-refractivity contribution in [3.05, 3.63) is 5.82 Å². The summed E-state index contributed by atoms with van der Waals surface area (Å²) in [6.07, 6.45) is 2.04. The summed E-state index contributed by atoms with van der Waals surface area (Å²) in [5.74, 6) is 2.71. The fourth-order valence-electron chi connectivity index (χ4n) is 2.48. The molecule has 0 atom stereocenters. The fourth-order valence-corrected chi connectivity index (χ4v) is 3.28. The Morgan fingerprint density at radius 1 is 1.25 bits per heavy atom. The van der Waals surface area contributed by atoms with Crippen LogP contribution in [0.3, 0.4) is 0 Å². The fraction of sp³-hybridized carbons (Fsp3) is 0.812. The van der Waals surface area contributed by atoms with Gasteiger partial charge in [0, 0.05) is 57.2 Å². The average Bonchev–Trinajstić information content (AvgIpc) is 3.03. The first kappa shape index (κ1) is 21.4. The molecular weight excluding hydrogens is 435 g/mol. The number of aromatic nitrogens is 2. The molecule has 1 aliphatic heterocycles. The zero-order valence-corrected chi connectivity index (χ0v) is 18.4. The molecule has 24 heavy (non-hydrogen) atoms. The molecule has 0 amide bonds. The summed E-state index contributed by atoms with van der Waals surface area (Å²) in [6.45, 7) is 14.4. The van der Waals surface area contributed by atoms with Crippen molar-refractivity contribution in [2.24, 2.45) is 10.9 Å². The van der Waals surface area contributed by atoms with Gasteiger partial charge in [-0.1, -0.05) is 20.8 Å². The number of halogens is 1. The van der Waals surface area contributed by atoms with Crippen LogP contribution in [-0.2, 0) is 6.42 Å². The molecule has 1 aromatic rings. The second-order valence-electron chi connectivity index (χ2n) is 6.24. The summed E-state index contributed by atoms with van der Waals surface area (Å²) in [7, 11) is 0. The Bertz CT molecular complexity index is 497. The molecule has 2 rings (SSSR count). The summed E-state index contributed by atoms with van der Waals surface area (Å²) in [4.78, 5) is 14.1. The summed E-state index contributed by atoms with van der Waals surface area (Å²) < 4.78 is 4.39. The highest BCUT2D eigenvalue weighted by molar-refractivity contribution is 14.0. The van der Waals surface area contributed by atoms with Gasteiger partial charge in [0.1, 0.15) is 5.82 Å². The van der Waals surface area contributed by atoms with Crippen LogP contribution >= 0.6 is 35.5 Å². The van der Waals surface area contributed by atoms with Gasteiger partial charge in [-0.25, -0.2) is 4.98 Å². The van der Waals surface area contributed by atoms with Gasteiger partial charge < -0.3 is 15.1 Å². The highest BCUT2D eigenvalue weighted by Gasteiger charge is 2.21. The van der Waals surface area contributed by atoms with E-state index < -0.39 is 0 Å². The minimum atomic E-state index is 0.